The minimum Gasteiger partial charge on any atom is -0.550 e. The Balaban J connectivity index is 0.00000105. The SMILES string of the molecule is CC(=O)[O-].CC(=O)[O-].CC(=O)[O-].Oc1ccc(F)cc1-c1cccc(-c2cccc(-c3cc(F)ccc3O)n2)n1.[Mn+3]. The van der Waals surface area contributed by atoms with Gasteiger partial charge in [-0.05, 0) is 81.4 Å². The fourth-order valence-corrected chi connectivity index (χ4v) is 2.88. The number of aromatic nitrogens is 2. The first-order valence-electron chi connectivity index (χ1n) is 11.2. The predicted octanol–water partition coefficient (Wildman–Crippen LogP) is 1.43. The molecular weight excluding hydrogens is 585 g/mol. The van der Waals surface area contributed by atoms with Crippen molar-refractivity contribution in [1.82, 2.24) is 9.97 Å². The van der Waals surface area contributed by atoms with Crippen LogP contribution in [-0.2, 0) is 31.5 Å². The van der Waals surface area contributed by atoms with Gasteiger partial charge in [0, 0.05) is 29.0 Å². The van der Waals surface area contributed by atoms with Gasteiger partial charge in [0.25, 0.3) is 0 Å². The second kappa shape index (κ2) is 17.7. The third-order valence-corrected chi connectivity index (χ3v) is 4.23. The number of hydrogen-bond acceptors (Lipinski definition) is 10. The molecule has 0 bridgehead atoms. The minimum absolute atomic E-state index is 0. The zero-order valence-electron chi connectivity index (χ0n) is 21.8. The van der Waals surface area contributed by atoms with Crippen LogP contribution in [0.1, 0.15) is 20.8 Å². The van der Waals surface area contributed by atoms with E-state index in [1.165, 1.54) is 36.4 Å². The van der Waals surface area contributed by atoms with Crippen LogP contribution < -0.4 is 15.3 Å². The van der Waals surface area contributed by atoms with Crippen molar-refractivity contribution in [1.29, 1.82) is 0 Å². The molecule has 0 aliphatic heterocycles. The van der Waals surface area contributed by atoms with E-state index in [-0.39, 0.29) is 39.7 Å². The van der Waals surface area contributed by atoms with Crippen molar-refractivity contribution in [3.63, 3.8) is 0 Å². The average molecular weight is 608 g/mol. The van der Waals surface area contributed by atoms with Gasteiger partial charge in [-0.2, -0.15) is 0 Å². The van der Waals surface area contributed by atoms with Crippen LogP contribution in [0.4, 0.5) is 8.78 Å². The molecule has 0 atom stereocenters. The number of carbonyl (C=O) groups is 3. The fraction of sp³-hybridized carbons (Fsp3) is 0.107. The van der Waals surface area contributed by atoms with E-state index in [1.807, 2.05) is 0 Å². The molecule has 214 valence electrons. The molecule has 0 saturated heterocycles. The molecule has 4 aromatic rings. The summed E-state index contributed by atoms with van der Waals surface area (Å²) in [7, 11) is 0. The molecule has 0 radical (unpaired) electrons. The molecule has 0 spiro atoms. The number of phenolic OH excluding ortho intramolecular Hbond substituents is 2. The maximum atomic E-state index is 13.6. The van der Waals surface area contributed by atoms with E-state index < -0.39 is 29.5 Å². The Hall–Kier alpha value is -4.87. The quantitative estimate of drug-likeness (QED) is 0.322. The molecule has 0 aliphatic rings. The number of carboxylic acids is 3. The van der Waals surface area contributed by atoms with Crippen LogP contribution in [0.3, 0.4) is 0 Å². The number of benzene rings is 2. The van der Waals surface area contributed by atoms with E-state index in [0.717, 1.165) is 20.8 Å². The fourth-order valence-electron chi connectivity index (χ4n) is 2.88. The van der Waals surface area contributed by atoms with Gasteiger partial charge in [0.2, 0.25) is 0 Å². The molecule has 41 heavy (non-hydrogen) atoms. The Morgan fingerprint density at radius 2 is 0.854 bits per heavy atom. The monoisotopic (exact) mass is 608 g/mol. The van der Waals surface area contributed by atoms with E-state index in [2.05, 4.69) is 9.97 Å². The molecule has 13 heteroatoms. The number of halogens is 2. The average Bonchev–Trinajstić information content (AvgIpc) is 2.86. The zero-order chi connectivity index (χ0) is 30.4. The smallest absolute Gasteiger partial charge is 0.550 e. The van der Waals surface area contributed by atoms with Crippen LogP contribution in [0.15, 0.2) is 72.8 Å². The topological polar surface area (TPSA) is 187 Å². The van der Waals surface area contributed by atoms with E-state index >= 15 is 0 Å². The van der Waals surface area contributed by atoms with Crippen molar-refractivity contribution in [2.24, 2.45) is 0 Å². The van der Waals surface area contributed by atoms with Crippen molar-refractivity contribution in [3.05, 3.63) is 84.4 Å². The zero-order valence-corrected chi connectivity index (χ0v) is 23.0. The molecule has 2 aromatic carbocycles. The van der Waals surface area contributed by atoms with Crippen molar-refractivity contribution < 1.29 is 65.8 Å². The van der Waals surface area contributed by atoms with Crippen molar-refractivity contribution in [2.45, 2.75) is 20.8 Å². The summed E-state index contributed by atoms with van der Waals surface area (Å²) in [6, 6.07) is 17.5. The second-order valence-electron chi connectivity index (χ2n) is 7.61. The van der Waals surface area contributed by atoms with Gasteiger partial charge >= 0.3 is 17.1 Å². The first-order valence-corrected chi connectivity index (χ1v) is 11.2. The Morgan fingerprint density at radius 3 is 1.15 bits per heavy atom. The number of rotatable bonds is 3. The Bertz CT molecular complexity index is 1350. The van der Waals surface area contributed by atoms with Crippen molar-refractivity contribution in [2.75, 3.05) is 0 Å². The van der Waals surface area contributed by atoms with Crippen molar-refractivity contribution >= 4 is 17.9 Å². The third-order valence-electron chi connectivity index (χ3n) is 4.23. The minimum atomic E-state index is -1.08. The second-order valence-corrected chi connectivity index (χ2v) is 7.61. The maximum Gasteiger partial charge on any atom is 3.00 e. The van der Waals surface area contributed by atoms with Crippen LogP contribution >= 0.6 is 0 Å². The standard InChI is InChI=1S/C22H14F2N2O2.3C2H4O2.Mn/c23-13-7-9-21(27)15(11-13)17-3-1-5-19(25-17)20-6-2-4-18(26-20)16-12-14(24)8-10-22(16)28;3*1-2(3)4;/h1-12,27-28H;3*1H3,(H,3,4);/q;;;;+3/p-3. The van der Waals surface area contributed by atoms with Gasteiger partial charge < -0.3 is 39.9 Å². The summed E-state index contributed by atoms with van der Waals surface area (Å²) >= 11 is 0. The number of hydrogen-bond donors (Lipinski definition) is 2. The van der Waals surface area contributed by atoms with Gasteiger partial charge in [-0.25, -0.2) is 18.7 Å². The molecule has 0 unspecified atom stereocenters. The number of phenols is 2. The normalized spacial score (nSPS) is 9.20. The summed E-state index contributed by atoms with van der Waals surface area (Å²) in [4.78, 5) is 35.6. The predicted molar refractivity (Wildman–Crippen MR) is 134 cm³/mol. The largest absolute Gasteiger partial charge is 3.00 e. The van der Waals surface area contributed by atoms with E-state index in [9.17, 15) is 19.0 Å². The van der Waals surface area contributed by atoms with Crippen LogP contribution in [0.25, 0.3) is 33.9 Å². The molecule has 0 fully saturated rings. The molecule has 2 aromatic heterocycles. The summed E-state index contributed by atoms with van der Waals surface area (Å²) < 4.78 is 27.1. The first kappa shape index (κ1) is 36.1. The number of pyridine rings is 2. The number of aliphatic carboxylic acids is 3. The summed E-state index contributed by atoms with van der Waals surface area (Å²) in [6.07, 6.45) is 0. The molecular formula is C28H23F2MnN2O8. The molecule has 4 rings (SSSR count). The number of nitrogens with zero attached hydrogens (tertiary/aromatic N) is 2. The van der Waals surface area contributed by atoms with Gasteiger partial charge in [-0.3, -0.25) is 0 Å². The van der Waals surface area contributed by atoms with Crippen LogP contribution in [0, 0.1) is 11.6 Å². The van der Waals surface area contributed by atoms with Gasteiger partial charge in [-0.15, -0.1) is 0 Å². The Kier molecular flexibility index (Phi) is 15.6. The summed E-state index contributed by atoms with van der Waals surface area (Å²) in [5.74, 6) is -4.39. The van der Waals surface area contributed by atoms with E-state index in [1.54, 1.807) is 36.4 Å². The Morgan fingerprint density at radius 1 is 0.585 bits per heavy atom. The van der Waals surface area contributed by atoms with Crippen LogP contribution in [0.2, 0.25) is 0 Å². The van der Waals surface area contributed by atoms with Crippen molar-refractivity contribution in [3.8, 4) is 45.4 Å². The number of carbonyl (C=O) groups excluding carboxylic acids is 3. The summed E-state index contributed by atoms with van der Waals surface area (Å²) in [6.45, 7) is 2.92. The summed E-state index contributed by atoms with van der Waals surface area (Å²) in [5, 5.41) is 46.7. The van der Waals surface area contributed by atoms with Crippen LogP contribution in [-0.4, -0.2) is 38.1 Å². The van der Waals surface area contributed by atoms with E-state index in [0.29, 0.717) is 22.8 Å². The first-order chi connectivity index (χ1) is 18.7. The molecule has 0 amide bonds. The molecule has 2 N–H and O–H groups in total. The van der Waals surface area contributed by atoms with Gasteiger partial charge in [-0.1, -0.05) is 12.1 Å². The van der Waals surface area contributed by atoms with Gasteiger partial charge in [0.1, 0.15) is 23.1 Å². The molecule has 0 aliphatic carbocycles. The molecule has 10 nitrogen and oxygen atoms in total. The summed E-state index contributed by atoms with van der Waals surface area (Å²) in [5.41, 5.74) is 2.27. The third kappa shape index (κ3) is 13.7. The number of aromatic hydroxyl groups is 2. The molecule has 0 saturated carbocycles. The van der Waals surface area contributed by atoms with Crippen LogP contribution in [0.5, 0.6) is 11.5 Å². The van der Waals surface area contributed by atoms with Gasteiger partial charge in [0.05, 0.1) is 22.8 Å². The Labute approximate surface area is 244 Å². The maximum absolute atomic E-state index is 13.6. The van der Waals surface area contributed by atoms with E-state index in [4.69, 9.17) is 29.7 Å². The molecule has 2 heterocycles. The van der Waals surface area contributed by atoms with Gasteiger partial charge in [0.15, 0.2) is 0 Å². The number of carboxylic acid groups (broad SMARTS) is 3.